The summed E-state index contributed by atoms with van der Waals surface area (Å²) in [6, 6.07) is 8.39. The van der Waals surface area contributed by atoms with E-state index in [1.54, 1.807) is 0 Å². The summed E-state index contributed by atoms with van der Waals surface area (Å²) >= 11 is 3.47. The van der Waals surface area contributed by atoms with Crippen molar-refractivity contribution in [3.05, 3.63) is 40.1 Å². The zero-order valence-corrected chi connectivity index (χ0v) is 16.8. The first-order chi connectivity index (χ1) is 12.5. The molecule has 1 amide bonds. The van der Waals surface area contributed by atoms with Gasteiger partial charge in [-0.05, 0) is 64.0 Å². The van der Waals surface area contributed by atoms with E-state index in [4.69, 9.17) is 0 Å². The lowest BCUT2D eigenvalue weighted by Gasteiger charge is -2.35. The van der Waals surface area contributed by atoms with Crippen LogP contribution < -0.4 is 0 Å². The van der Waals surface area contributed by atoms with E-state index >= 15 is 0 Å². The Bertz CT molecular complexity index is 797. The molecule has 1 saturated carbocycles. The van der Waals surface area contributed by atoms with Crippen LogP contribution in [0.2, 0.25) is 0 Å². The number of likely N-dealkylation sites (tertiary alicyclic amines) is 1. The molecule has 1 saturated heterocycles. The van der Waals surface area contributed by atoms with Crippen molar-refractivity contribution >= 4 is 21.8 Å². The van der Waals surface area contributed by atoms with Crippen LogP contribution in [0.3, 0.4) is 0 Å². The SMILES string of the molecule is CN(C)C1CCCN(C(=O)c2nnn(-c3ccc(Br)cc3)c2C2CC2)C1. The fraction of sp³-hybridized carbons (Fsp3) is 0.526. The molecule has 2 heterocycles. The van der Waals surface area contributed by atoms with Gasteiger partial charge in [-0.15, -0.1) is 5.10 Å². The third kappa shape index (κ3) is 3.42. The standard InChI is InChI=1S/C19H24BrN5O/c1-23(2)16-4-3-11-24(12-16)19(26)17-18(13-5-6-13)25(22-21-17)15-9-7-14(20)8-10-15/h7-10,13,16H,3-6,11-12H2,1-2H3. The van der Waals surface area contributed by atoms with Gasteiger partial charge in [0.2, 0.25) is 0 Å². The van der Waals surface area contributed by atoms with Gasteiger partial charge in [0, 0.05) is 29.5 Å². The molecule has 6 nitrogen and oxygen atoms in total. The molecule has 0 bridgehead atoms. The maximum atomic E-state index is 13.2. The Morgan fingerprint density at radius 3 is 2.58 bits per heavy atom. The summed E-state index contributed by atoms with van der Waals surface area (Å²) in [6.45, 7) is 1.57. The highest BCUT2D eigenvalue weighted by molar-refractivity contribution is 9.10. The minimum absolute atomic E-state index is 0.0295. The Balaban J connectivity index is 1.64. The van der Waals surface area contributed by atoms with Crippen LogP contribution in [-0.4, -0.2) is 63.9 Å². The van der Waals surface area contributed by atoms with Gasteiger partial charge < -0.3 is 9.80 Å². The minimum Gasteiger partial charge on any atom is -0.336 e. The van der Waals surface area contributed by atoms with Gasteiger partial charge in [0.25, 0.3) is 5.91 Å². The van der Waals surface area contributed by atoms with Crippen LogP contribution >= 0.6 is 15.9 Å². The summed E-state index contributed by atoms with van der Waals surface area (Å²) in [6.07, 6.45) is 4.38. The molecule has 1 aliphatic heterocycles. The molecule has 2 aromatic rings. The summed E-state index contributed by atoms with van der Waals surface area (Å²) in [4.78, 5) is 17.4. The number of piperidine rings is 1. The summed E-state index contributed by atoms with van der Waals surface area (Å²) in [5.74, 6) is 0.420. The first kappa shape index (κ1) is 17.7. The van der Waals surface area contributed by atoms with Gasteiger partial charge in [0.15, 0.2) is 5.69 Å². The number of carbonyl (C=O) groups excluding carboxylic acids is 1. The summed E-state index contributed by atoms with van der Waals surface area (Å²) < 4.78 is 2.87. The summed E-state index contributed by atoms with van der Waals surface area (Å²) in [5.41, 5.74) is 2.46. The third-order valence-electron chi connectivity index (χ3n) is 5.36. The molecule has 1 aromatic heterocycles. The first-order valence-corrected chi connectivity index (χ1v) is 10.0. The molecule has 2 fully saturated rings. The lowest BCUT2D eigenvalue weighted by molar-refractivity contribution is 0.0628. The van der Waals surface area contributed by atoms with Gasteiger partial charge in [-0.1, -0.05) is 21.1 Å². The van der Waals surface area contributed by atoms with Crippen LogP contribution in [0, 0.1) is 0 Å². The number of hydrogen-bond acceptors (Lipinski definition) is 4. The van der Waals surface area contributed by atoms with E-state index in [9.17, 15) is 4.79 Å². The van der Waals surface area contributed by atoms with Crippen molar-refractivity contribution in [1.82, 2.24) is 24.8 Å². The van der Waals surface area contributed by atoms with Crippen molar-refractivity contribution in [3.63, 3.8) is 0 Å². The van der Waals surface area contributed by atoms with Gasteiger partial charge in [0.1, 0.15) is 0 Å². The highest BCUT2D eigenvalue weighted by Gasteiger charge is 2.36. The lowest BCUT2D eigenvalue weighted by Crippen LogP contribution is -2.47. The summed E-state index contributed by atoms with van der Waals surface area (Å²) in [7, 11) is 4.16. The fourth-order valence-corrected chi connectivity index (χ4v) is 3.91. The normalized spacial score (nSPS) is 20.6. The number of halogens is 1. The van der Waals surface area contributed by atoms with Crippen LogP contribution in [0.15, 0.2) is 28.7 Å². The lowest BCUT2D eigenvalue weighted by atomic mass is 10.0. The number of carbonyl (C=O) groups is 1. The van der Waals surface area contributed by atoms with Gasteiger partial charge in [-0.3, -0.25) is 4.79 Å². The monoisotopic (exact) mass is 417 g/mol. The second-order valence-corrected chi connectivity index (χ2v) is 8.41. The van der Waals surface area contributed by atoms with Gasteiger partial charge in [-0.2, -0.15) is 0 Å². The molecule has 7 heteroatoms. The van der Waals surface area contributed by atoms with Crippen LogP contribution in [0.1, 0.15) is 47.8 Å². The number of nitrogens with zero attached hydrogens (tertiary/aromatic N) is 5. The van der Waals surface area contributed by atoms with Crippen molar-refractivity contribution in [2.75, 3.05) is 27.2 Å². The Hall–Kier alpha value is -1.73. The number of amides is 1. The van der Waals surface area contributed by atoms with Crippen molar-refractivity contribution in [3.8, 4) is 5.69 Å². The molecule has 1 atom stereocenters. The molecular formula is C19H24BrN5O. The first-order valence-electron chi connectivity index (χ1n) is 9.22. The number of aromatic nitrogens is 3. The third-order valence-corrected chi connectivity index (χ3v) is 5.89. The molecular weight excluding hydrogens is 394 g/mol. The largest absolute Gasteiger partial charge is 0.336 e. The van der Waals surface area contributed by atoms with Crippen molar-refractivity contribution in [2.45, 2.75) is 37.6 Å². The average Bonchev–Trinajstić information content (AvgIpc) is 3.40. The molecule has 1 unspecified atom stereocenters. The Kier molecular flexibility index (Phi) is 4.84. The Labute approximate surface area is 162 Å². The van der Waals surface area contributed by atoms with Crippen LogP contribution in [0.5, 0.6) is 0 Å². The molecule has 0 spiro atoms. The van der Waals surface area contributed by atoms with Crippen LogP contribution in [-0.2, 0) is 0 Å². The highest BCUT2D eigenvalue weighted by atomic mass is 79.9. The second-order valence-electron chi connectivity index (χ2n) is 7.50. The predicted octanol–water partition coefficient (Wildman–Crippen LogP) is 3.07. The van der Waals surface area contributed by atoms with E-state index in [1.165, 1.54) is 0 Å². The quantitative estimate of drug-likeness (QED) is 0.766. The zero-order chi connectivity index (χ0) is 18.3. The number of rotatable bonds is 4. The highest BCUT2D eigenvalue weighted by Crippen LogP contribution is 2.42. The maximum absolute atomic E-state index is 13.2. The Morgan fingerprint density at radius 2 is 1.92 bits per heavy atom. The van der Waals surface area contributed by atoms with E-state index in [1.807, 2.05) is 33.8 Å². The summed E-state index contributed by atoms with van der Waals surface area (Å²) in [5, 5.41) is 8.66. The molecule has 1 aromatic carbocycles. The molecule has 138 valence electrons. The van der Waals surface area contributed by atoms with Crippen LogP contribution in [0.4, 0.5) is 0 Å². The van der Waals surface area contributed by atoms with E-state index in [0.29, 0.717) is 17.7 Å². The number of likely N-dealkylation sites (N-methyl/N-ethyl adjacent to an activating group) is 1. The topological polar surface area (TPSA) is 54.3 Å². The van der Waals surface area contributed by atoms with Crippen molar-refractivity contribution < 1.29 is 4.79 Å². The van der Waals surface area contributed by atoms with E-state index in [-0.39, 0.29) is 5.91 Å². The fourth-order valence-electron chi connectivity index (χ4n) is 3.65. The maximum Gasteiger partial charge on any atom is 0.276 e. The van der Waals surface area contributed by atoms with E-state index in [0.717, 1.165) is 54.6 Å². The van der Waals surface area contributed by atoms with Gasteiger partial charge >= 0.3 is 0 Å². The number of hydrogen-bond donors (Lipinski definition) is 0. The van der Waals surface area contributed by atoms with Gasteiger partial charge in [-0.25, -0.2) is 4.68 Å². The minimum atomic E-state index is 0.0295. The Morgan fingerprint density at radius 1 is 1.19 bits per heavy atom. The van der Waals surface area contributed by atoms with Crippen molar-refractivity contribution in [1.29, 1.82) is 0 Å². The molecule has 26 heavy (non-hydrogen) atoms. The van der Waals surface area contributed by atoms with E-state index in [2.05, 4.69) is 45.2 Å². The van der Waals surface area contributed by atoms with Crippen LogP contribution in [0.25, 0.3) is 5.69 Å². The molecule has 0 radical (unpaired) electrons. The molecule has 0 N–H and O–H groups in total. The smallest absolute Gasteiger partial charge is 0.276 e. The molecule has 1 aliphatic carbocycles. The zero-order valence-electron chi connectivity index (χ0n) is 15.2. The average molecular weight is 418 g/mol. The molecule has 2 aliphatic rings. The predicted molar refractivity (Wildman–Crippen MR) is 104 cm³/mol. The second kappa shape index (κ2) is 7.12. The molecule has 4 rings (SSSR count). The van der Waals surface area contributed by atoms with Gasteiger partial charge in [0.05, 0.1) is 11.4 Å². The van der Waals surface area contributed by atoms with Crippen molar-refractivity contribution in [2.24, 2.45) is 0 Å². The van der Waals surface area contributed by atoms with E-state index < -0.39 is 0 Å². The number of benzene rings is 1.